The predicted molar refractivity (Wildman–Crippen MR) is 103 cm³/mol. The van der Waals surface area contributed by atoms with Gasteiger partial charge in [-0.3, -0.25) is 4.79 Å². The van der Waals surface area contributed by atoms with Crippen molar-refractivity contribution in [2.24, 2.45) is 0 Å². The summed E-state index contributed by atoms with van der Waals surface area (Å²) in [5.41, 5.74) is 1.09. The highest BCUT2D eigenvalue weighted by Gasteiger charge is 2.15. The monoisotopic (exact) mass is 385 g/mol. The van der Waals surface area contributed by atoms with Crippen molar-refractivity contribution in [1.82, 2.24) is 10.3 Å². The first-order valence-corrected chi connectivity index (χ1v) is 8.60. The number of benzene rings is 2. The van der Waals surface area contributed by atoms with E-state index in [0.29, 0.717) is 10.6 Å². The van der Waals surface area contributed by atoms with E-state index in [4.69, 9.17) is 11.6 Å². The Balaban J connectivity index is 1.70. The van der Waals surface area contributed by atoms with Crippen LogP contribution in [0.25, 0.3) is 0 Å². The molecule has 0 saturated carbocycles. The second-order valence-electron chi connectivity index (χ2n) is 5.78. The van der Waals surface area contributed by atoms with E-state index in [9.17, 15) is 14.3 Å². The number of aromatic nitrogens is 1. The van der Waals surface area contributed by atoms with Crippen molar-refractivity contribution in [3.05, 3.63) is 88.8 Å². The minimum Gasteiger partial charge on any atom is -0.387 e. The minimum atomic E-state index is -0.883. The number of halogens is 2. The summed E-state index contributed by atoms with van der Waals surface area (Å²) in [7, 11) is 0. The van der Waals surface area contributed by atoms with Gasteiger partial charge in [0.25, 0.3) is 5.91 Å². The van der Waals surface area contributed by atoms with Gasteiger partial charge in [-0.2, -0.15) is 0 Å². The van der Waals surface area contributed by atoms with E-state index in [-0.39, 0.29) is 23.6 Å². The first kappa shape index (κ1) is 18.8. The number of carbonyl (C=O) groups excluding carboxylic acids is 1. The number of rotatable bonds is 6. The summed E-state index contributed by atoms with van der Waals surface area (Å²) in [5.74, 6) is -0.663. The summed E-state index contributed by atoms with van der Waals surface area (Å²) in [4.78, 5) is 16.6. The van der Waals surface area contributed by atoms with Gasteiger partial charge in [0.05, 0.1) is 17.4 Å². The molecular weight excluding hydrogens is 369 g/mol. The third kappa shape index (κ3) is 4.81. The number of hydrogen-bond acceptors (Lipinski definition) is 4. The Hall–Kier alpha value is -2.96. The Morgan fingerprint density at radius 3 is 2.59 bits per heavy atom. The van der Waals surface area contributed by atoms with Crippen molar-refractivity contribution in [2.45, 2.75) is 6.10 Å². The van der Waals surface area contributed by atoms with Gasteiger partial charge in [-0.1, -0.05) is 35.9 Å². The van der Waals surface area contributed by atoms with Crippen molar-refractivity contribution >= 4 is 29.0 Å². The second kappa shape index (κ2) is 8.62. The van der Waals surface area contributed by atoms with E-state index in [0.717, 1.165) is 0 Å². The molecule has 2 aromatic carbocycles. The highest BCUT2D eigenvalue weighted by Crippen LogP contribution is 2.21. The standard InChI is InChI=1S/C20H17ClFN3O2/c21-14-9-7-13(8-10-14)18(26)12-24-20(27)15-4-3-11-23-19(15)25-17-6-2-1-5-16(17)22/h1-11,18,26H,12H2,(H,23,25)(H,24,27). The molecule has 3 aromatic rings. The molecule has 27 heavy (non-hydrogen) atoms. The third-order valence-corrected chi connectivity index (χ3v) is 4.14. The smallest absolute Gasteiger partial charge is 0.255 e. The fourth-order valence-corrected chi connectivity index (χ4v) is 2.59. The van der Waals surface area contributed by atoms with Crippen molar-refractivity contribution in [3.63, 3.8) is 0 Å². The van der Waals surface area contributed by atoms with Gasteiger partial charge in [-0.25, -0.2) is 9.37 Å². The van der Waals surface area contributed by atoms with Crippen molar-refractivity contribution in [3.8, 4) is 0 Å². The number of para-hydroxylation sites is 1. The van der Waals surface area contributed by atoms with Gasteiger partial charge in [0.15, 0.2) is 0 Å². The van der Waals surface area contributed by atoms with E-state index in [1.807, 2.05) is 0 Å². The number of nitrogens with one attached hydrogen (secondary N) is 2. The topological polar surface area (TPSA) is 74.2 Å². The van der Waals surface area contributed by atoms with E-state index >= 15 is 0 Å². The molecule has 1 aromatic heterocycles. The summed E-state index contributed by atoms with van der Waals surface area (Å²) in [6.07, 6.45) is 0.619. The Bertz CT molecular complexity index is 935. The molecular formula is C20H17ClFN3O2. The number of nitrogens with zero attached hydrogens (tertiary/aromatic N) is 1. The molecule has 0 aliphatic carbocycles. The number of carbonyl (C=O) groups is 1. The lowest BCUT2D eigenvalue weighted by atomic mass is 10.1. The molecule has 1 amide bonds. The SMILES string of the molecule is O=C(NCC(O)c1ccc(Cl)cc1)c1cccnc1Nc1ccccc1F. The molecule has 0 fully saturated rings. The van der Waals surface area contributed by atoms with Crippen LogP contribution in [0.4, 0.5) is 15.9 Å². The Kier molecular flexibility index (Phi) is 6.01. The molecule has 7 heteroatoms. The Labute approximate surface area is 160 Å². The summed E-state index contributed by atoms with van der Waals surface area (Å²) in [6, 6.07) is 16.0. The second-order valence-corrected chi connectivity index (χ2v) is 6.22. The fourth-order valence-electron chi connectivity index (χ4n) is 2.47. The van der Waals surface area contributed by atoms with Gasteiger partial charge < -0.3 is 15.7 Å². The molecule has 1 unspecified atom stereocenters. The lowest BCUT2D eigenvalue weighted by Crippen LogP contribution is -2.29. The molecule has 0 aliphatic rings. The number of aliphatic hydroxyl groups excluding tert-OH is 1. The van der Waals surface area contributed by atoms with Gasteiger partial charge in [0.1, 0.15) is 11.6 Å². The van der Waals surface area contributed by atoms with Crippen LogP contribution < -0.4 is 10.6 Å². The van der Waals surface area contributed by atoms with Crippen molar-refractivity contribution in [1.29, 1.82) is 0 Å². The van der Waals surface area contributed by atoms with Crippen LogP contribution in [0.3, 0.4) is 0 Å². The average Bonchev–Trinajstić information content (AvgIpc) is 2.68. The molecule has 138 valence electrons. The number of hydrogen-bond donors (Lipinski definition) is 3. The van der Waals surface area contributed by atoms with Crippen molar-refractivity contribution < 1.29 is 14.3 Å². The number of aliphatic hydroxyl groups is 1. The molecule has 0 bridgehead atoms. The molecule has 1 heterocycles. The van der Waals surface area contributed by atoms with E-state index in [1.54, 1.807) is 54.6 Å². The Morgan fingerprint density at radius 2 is 1.85 bits per heavy atom. The first-order chi connectivity index (χ1) is 13.0. The molecule has 0 spiro atoms. The van der Waals surface area contributed by atoms with Crippen LogP contribution in [0, 0.1) is 5.82 Å². The molecule has 0 saturated heterocycles. The van der Waals surface area contributed by atoms with Crippen LogP contribution in [-0.2, 0) is 0 Å². The zero-order chi connectivity index (χ0) is 19.2. The summed E-state index contributed by atoms with van der Waals surface area (Å²) in [5, 5.41) is 16.3. The molecule has 0 radical (unpaired) electrons. The van der Waals surface area contributed by atoms with Gasteiger partial charge >= 0.3 is 0 Å². The maximum Gasteiger partial charge on any atom is 0.255 e. The van der Waals surface area contributed by atoms with Crippen LogP contribution in [0.5, 0.6) is 0 Å². The van der Waals surface area contributed by atoms with Gasteiger partial charge in [0.2, 0.25) is 0 Å². The zero-order valence-electron chi connectivity index (χ0n) is 14.2. The summed E-state index contributed by atoms with van der Waals surface area (Å²) >= 11 is 5.83. The molecule has 1 atom stereocenters. The highest BCUT2D eigenvalue weighted by molar-refractivity contribution is 6.30. The highest BCUT2D eigenvalue weighted by atomic mass is 35.5. The predicted octanol–water partition coefficient (Wildman–Crippen LogP) is 4.08. The van der Waals surface area contributed by atoms with Crippen LogP contribution >= 0.6 is 11.6 Å². The largest absolute Gasteiger partial charge is 0.387 e. The molecule has 0 aliphatic heterocycles. The van der Waals surface area contributed by atoms with E-state index in [2.05, 4.69) is 15.6 Å². The van der Waals surface area contributed by atoms with Crippen molar-refractivity contribution in [2.75, 3.05) is 11.9 Å². The Morgan fingerprint density at radius 1 is 1.11 bits per heavy atom. The van der Waals surface area contributed by atoms with E-state index < -0.39 is 17.8 Å². The quantitative estimate of drug-likeness (QED) is 0.597. The lowest BCUT2D eigenvalue weighted by molar-refractivity contribution is 0.0917. The minimum absolute atomic E-state index is 0.00843. The first-order valence-electron chi connectivity index (χ1n) is 8.23. The average molecular weight is 386 g/mol. The third-order valence-electron chi connectivity index (χ3n) is 3.89. The summed E-state index contributed by atoms with van der Waals surface area (Å²) in [6.45, 7) is 0.00843. The number of anilines is 2. The van der Waals surface area contributed by atoms with Crippen LogP contribution in [-0.4, -0.2) is 22.5 Å². The van der Waals surface area contributed by atoms with Gasteiger partial charge in [-0.15, -0.1) is 0 Å². The van der Waals surface area contributed by atoms with E-state index in [1.165, 1.54) is 12.3 Å². The van der Waals surface area contributed by atoms with Gasteiger partial charge in [0, 0.05) is 17.8 Å². The fraction of sp³-hybridized carbons (Fsp3) is 0.100. The van der Waals surface area contributed by atoms with Crippen LogP contribution in [0.2, 0.25) is 5.02 Å². The maximum absolute atomic E-state index is 13.8. The summed E-state index contributed by atoms with van der Waals surface area (Å²) < 4.78 is 13.8. The number of pyridine rings is 1. The normalized spacial score (nSPS) is 11.7. The zero-order valence-corrected chi connectivity index (χ0v) is 14.9. The van der Waals surface area contributed by atoms with Gasteiger partial charge in [-0.05, 0) is 42.0 Å². The molecule has 3 N–H and O–H groups in total. The van der Waals surface area contributed by atoms with Crippen LogP contribution in [0.1, 0.15) is 22.0 Å². The van der Waals surface area contributed by atoms with Crippen LogP contribution in [0.15, 0.2) is 66.9 Å². The maximum atomic E-state index is 13.8. The number of amides is 1. The lowest BCUT2D eigenvalue weighted by Gasteiger charge is -2.14. The molecule has 3 rings (SSSR count). The molecule has 5 nitrogen and oxygen atoms in total.